The number of aliphatic carboxylic acids is 1. The molecule has 126 valence electrons. The van der Waals surface area contributed by atoms with E-state index in [-0.39, 0.29) is 5.70 Å². The number of rotatable bonds is 5. The molecule has 0 spiro atoms. The summed E-state index contributed by atoms with van der Waals surface area (Å²) in [6.45, 7) is 6.28. The number of hydrogen-bond acceptors (Lipinski definition) is 3. The van der Waals surface area contributed by atoms with Gasteiger partial charge in [-0.25, -0.2) is 4.79 Å². The fourth-order valence-corrected chi connectivity index (χ4v) is 2.93. The highest BCUT2D eigenvalue weighted by atomic mass is 16.4. The van der Waals surface area contributed by atoms with Crippen LogP contribution in [0.4, 0.5) is 0 Å². The van der Waals surface area contributed by atoms with Crippen LogP contribution in [0.5, 0.6) is 0 Å². The summed E-state index contributed by atoms with van der Waals surface area (Å²) in [5, 5.41) is 15.2. The second-order valence-electron chi connectivity index (χ2n) is 5.74. The molecular formula is C21H20N2O2. The molecule has 3 rings (SSSR count). The lowest BCUT2D eigenvalue weighted by molar-refractivity contribution is -0.134. The zero-order valence-electron chi connectivity index (χ0n) is 14.1. The Morgan fingerprint density at radius 2 is 1.96 bits per heavy atom. The Morgan fingerprint density at radius 3 is 2.72 bits per heavy atom. The van der Waals surface area contributed by atoms with Gasteiger partial charge < -0.3 is 15.3 Å². The van der Waals surface area contributed by atoms with E-state index in [0.29, 0.717) is 17.9 Å². The maximum absolute atomic E-state index is 11.8. The fourth-order valence-electron chi connectivity index (χ4n) is 2.93. The SMILES string of the molecule is C=C1C=CC(NCc2cccc3ccccc23)=C(C(=O)O)N1/C=C\C. The number of fused-ring (bicyclic) bond motifs is 1. The Hall–Kier alpha value is -3.27. The quantitative estimate of drug-likeness (QED) is 0.864. The lowest BCUT2D eigenvalue weighted by atomic mass is 10.0. The van der Waals surface area contributed by atoms with Crippen molar-refractivity contribution in [1.82, 2.24) is 10.2 Å². The van der Waals surface area contributed by atoms with Crippen LogP contribution >= 0.6 is 0 Å². The molecule has 0 atom stereocenters. The molecule has 0 saturated heterocycles. The molecule has 2 aromatic carbocycles. The van der Waals surface area contributed by atoms with E-state index in [0.717, 1.165) is 16.3 Å². The van der Waals surface area contributed by atoms with Gasteiger partial charge in [-0.2, -0.15) is 0 Å². The van der Waals surface area contributed by atoms with Crippen LogP contribution < -0.4 is 5.32 Å². The number of allylic oxidation sites excluding steroid dienone is 3. The van der Waals surface area contributed by atoms with Crippen LogP contribution in [0.3, 0.4) is 0 Å². The highest BCUT2D eigenvalue weighted by Crippen LogP contribution is 2.24. The number of hydrogen-bond donors (Lipinski definition) is 2. The molecular weight excluding hydrogens is 312 g/mol. The van der Waals surface area contributed by atoms with Gasteiger partial charge in [0.2, 0.25) is 0 Å². The Kier molecular flexibility index (Phi) is 4.70. The first-order valence-corrected chi connectivity index (χ1v) is 8.09. The normalized spacial score (nSPS) is 14.6. The third-order valence-electron chi connectivity index (χ3n) is 4.10. The van der Waals surface area contributed by atoms with Crippen LogP contribution in [0, 0.1) is 0 Å². The number of nitrogens with one attached hydrogen (secondary N) is 1. The highest BCUT2D eigenvalue weighted by molar-refractivity contribution is 5.89. The summed E-state index contributed by atoms with van der Waals surface area (Å²) in [7, 11) is 0. The molecule has 0 unspecified atom stereocenters. The fraction of sp³-hybridized carbons (Fsp3) is 0.0952. The molecule has 0 bridgehead atoms. The van der Waals surface area contributed by atoms with Crippen molar-refractivity contribution >= 4 is 16.7 Å². The van der Waals surface area contributed by atoms with E-state index < -0.39 is 5.97 Å². The molecule has 0 saturated carbocycles. The largest absolute Gasteiger partial charge is 0.476 e. The summed E-state index contributed by atoms with van der Waals surface area (Å²) in [5.41, 5.74) is 2.47. The lowest BCUT2D eigenvalue weighted by Gasteiger charge is -2.27. The van der Waals surface area contributed by atoms with Crippen LogP contribution in [0.2, 0.25) is 0 Å². The standard InChI is InChI=1S/C21H20N2O2/c1-3-13-23-15(2)11-12-19(20(23)21(24)25)22-14-17-9-6-8-16-7-4-5-10-18(16)17/h3-13,22H,2,14H2,1H3,(H,24,25)/b13-3-. The molecule has 1 heterocycles. The molecule has 2 N–H and O–H groups in total. The van der Waals surface area contributed by atoms with E-state index >= 15 is 0 Å². The third kappa shape index (κ3) is 3.33. The van der Waals surface area contributed by atoms with Crippen molar-refractivity contribution in [2.45, 2.75) is 13.5 Å². The molecule has 0 amide bonds. The summed E-state index contributed by atoms with van der Waals surface area (Å²) in [6, 6.07) is 14.3. The van der Waals surface area contributed by atoms with Crippen molar-refractivity contribution in [3.63, 3.8) is 0 Å². The number of benzene rings is 2. The minimum Gasteiger partial charge on any atom is -0.476 e. The molecule has 4 heteroatoms. The maximum atomic E-state index is 11.8. The second-order valence-corrected chi connectivity index (χ2v) is 5.74. The van der Waals surface area contributed by atoms with Crippen molar-refractivity contribution in [1.29, 1.82) is 0 Å². The molecule has 1 aliphatic rings. The molecule has 4 nitrogen and oxygen atoms in total. The van der Waals surface area contributed by atoms with Gasteiger partial charge in [-0.15, -0.1) is 0 Å². The van der Waals surface area contributed by atoms with E-state index in [2.05, 4.69) is 30.1 Å². The summed E-state index contributed by atoms with van der Waals surface area (Å²) < 4.78 is 0. The number of carbonyl (C=O) groups is 1. The second kappa shape index (κ2) is 7.09. The first kappa shape index (κ1) is 16.6. The third-order valence-corrected chi connectivity index (χ3v) is 4.10. The zero-order valence-corrected chi connectivity index (χ0v) is 14.1. The Labute approximate surface area is 147 Å². The summed E-state index contributed by atoms with van der Waals surface area (Å²) in [4.78, 5) is 13.3. The maximum Gasteiger partial charge on any atom is 0.355 e. The van der Waals surface area contributed by atoms with Gasteiger partial charge in [-0.1, -0.05) is 55.1 Å². The van der Waals surface area contributed by atoms with E-state index in [9.17, 15) is 9.90 Å². The highest BCUT2D eigenvalue weighted by Gasteiger charge is 2.23. The van der Waals surface area contributed by atoms with Gasteiger partial charge in [0.1, 0.15) is 0 Å². The number of carboxylic acids is 1. The first-order chi connectivity index (χ1) is 12.1. The molecule has 1 aliphatic heterocycles. The Bertz CT molecular complexity index is 917. The molecule has 25 heavy (non-hydrogen) atoms. The predicted molar refractivity (Wildman–Crippen MR) is 100 cm³/mol. The summed E-state index contributed by atoms with van der Waals surface area (Å²) in [6.07, 6.45) is 7.05. The molecule has 0 aliphatic carbocycles. The Balaban J connectivity index is 1.93. The lowest BCUT2D eigenvalue weighted by Crippen LogP contribution is -2.29. The van der Waals surface area contributed by atoms with Crippen molar-refractivity contribution in [2.75, 3.05) is 0 Å². The van der Waals surface area contributed by atoms with Gasteiger partial charge in [0, 0.05) is 18.4 Å². The van der Waals surface area contributed by atoms with Gasteiger partial charge in [0.15, 0.2) is 5.70 Å². The van der Waals surface area contributed by atoms with Gasteiger partial charge >= 0.3 is 5.97 Å². The van der Waals surface area contributed by atoms with Gasteiger partial charge in [-0.3, -0.25) is 0 Å². The van der Waals surface area contributed by atoms with E-state index in [1.54, 1.807) is 29.3 Å². The van der Waals surface area contributed by atoms with E-state index in [4.69, 9.17) is 0 Å². The van der Waals surface area contributed by atoms with E-state index in [1.165, 1.54) is 0 Å². The molecule has 0 aromatic heterocycles. The molecule has 2 aromatic rings. The van der Waals surface area contributed by atoms with Crippen molar-refractivity contribution in [2.24, 2.45) is 0 Å². The van der Waals surface area contributed by atoms with Gasteiger partial charge in [-0.05, 0) is 35.4 Å². The Morgan fingerprint density at radius 1 is 1.20 bits per heavy atom. The summed E-state index contributed by atoms with van der Waals surface area (Å²) >= 11 is 0. The molecule has 0 fully saturated rings. The van der Waals surface area contributed by atoms with Gasteiger partial charge in [0.25, 0.3) is 0 Å². The number of nitrogens with zero attached hydrogens (tertiary/aromatic N) is 1. The number of carboxylic acid groups (broad SMARTS) is 1. The zero-order chi connectivity index (χ0) is 17.8. The van der Waals surface area contributed by atoms with Crippen LogP contribution in [-0.2, 0) is 11.3 Å². The van der Waals surface area contributed by atoms with E-state index in [1.807, 2.05) is 31.2 Å². The average molecular weight is 332 g/mol. The summed E-state index contributed by atoms with van der Waals surface area (Å²) in [5.74, 6) is -0.996. The van der Waals surface area contributed by atoms with Crippen molar-refractivity contribution in [3.05, 3.63) is 96.1 Å². The molecule has 0 radical (unpaired) electrons. The van der Waals surface area contributed by atoms with Crippen LogP contribution in [0.15, 0.2) is 90.6 Å². The minimum absolute atomic E-state index is 0.172. The van der Waals surface area contributed by atoms with Crippen LogP contribution in [-0.4, -0.2) is 16.0 Å². The van der Waals surface area contributed by atoms with Gasteiger partial charge in [0.05, 0.1) is 5.70 Å². The smallest absolute Gasteiger partial charge is 0.355 e. The first-order valence-electron chi connectivity index (χ1n) is 8.09. The average Bonchev–Trinajstić information content (AvgIpc) is 2.62. The monoisotopic (exact) mass is 332 g/mol. The van der Waals surface area contributed by atoms with Crippen LogP contribution in [0.1, 0.15) is 12.5 Å². The predicted octanol–water partition coefficient (Wildman–Crippen LogP) is 4.14. The van der Waals surface area contributed by atoms with Crippen LogP contribution in [0.25, 0.3) is 10.8 Å². The topological polar surface area (TPSA) is 52.6 Å². The van der Waals surface area contributed by atoms with Crippen molar-refractivity contribution in [3.8, 4) is 0 Å². The van der Waals surface area contributed by atoms with Crippen molar-refractivity contribution < 1.29 is 9.90 Å². The minimum atomic E-state index is -0.996.